The van der Waals surface area contributed by atoms with E-state index >= 15 is 0 Å². The molecule has 0 saturated carbocycles. The van der Waals surface area contributed by atoms with Gasteiger partial charge in [0.1, 0.15) is 0 Å². The second-order valence-electron chi connectivity index (χ2n) is 8.03. The summed E-state index contributed by atoms with van der Waals surface area (Å²) in [6, 6.07) is 6.02. The highest BCUT2D eigenvalue weighted by molar-refractivity contribution is 7.89. The van der Waals surface area contributed by atoms with Gasteiger partial charge in [-0.25, -0.2) is 8.42 Å². The van der Waals surface area contributed by atoms with Crippen LogP contribution >= 0.6 is 0 Å². The van der Waals surface area contributed by atoms with Gasteiger partial charge in [0.05, 0.1) is 23.8 Å². The standard InChI is InChI=1S/C21H29N3O6S/c1-15(25)22-18-5-7-19(8-6-18)31(28,29)24-11-3-4-17(14-24)20(26)23-12-9-16(10-13-23)21(27)30-2/h5-8,16-17H,3-4,9-14H2,1-2H3,(H,22,25)/t17-/m0/s1. The third-order valence-electron chi connectivity index (χ3n) is 5.89. The summed E-state index contributed by atoms with van der Waals surface area (Å²) in [5.41, 5.74) is 0.522. The van der Waals surface area contributed by atoms with E-state index in [-0.39, 0.29) is 35.1 Å². The van der Waals surface area contributed by atoms with Gasteiger partial charge in [-0.15, -0.1) is 0 Å². The van der Waals surface area contributed by atoms with Crippen molar-refractivity contribution in [2.24, 2.45) is 11.8 Å². The summed E-state index contributed by atoms with van der Waals surface area (Å²) in [6.45, 7) is 2.85. The van der Waals surface area contributed by atoms with Crippen molar-refractivity contribution in [1.82, 2.24) is 9.21 Å². The van der Waals surface area contributed by atoms with Crippen LogP contribution in [0, 0.1) is 11.8 Å². The van der Waals surface area contributed by atoms with Gasteiger partial charge in [0.25, 0.3) is 0 Å². The van der Waals surface area contributed by atoms with Gasteiger partial charge in [0, 0.05) is 38.8 Å². The number of hydrogen-bond donors (Lipinski definition) is 1. The topological polar surface area (TPSA) is 113 Å². The number of rotatable bonds is 5. The zero-order valence-electron chi connectivity index (χ0n) is 17.9. The molecule has 2 fully saturated rings. The van der Waals surface area contributed by atoms with E-state index in [0.717, 1.165) is 0 Å². The van der Waals surface area contributed by atoms with Gasteiger partial charge in [-0.05, 0) is 49.9 Å². The molecule has 10 heteroatoms. The van der Waals surface area contributed by atoms with Crippen LogP contribution in [0.5, 0.6) is 0 Å². The molecule has 2 heterocycles. The molecule has 1 aromatic rings. The Bertz CT molecular complexity index is 923. The number of esters is 1. The molecule has 2 aliphatic heterocycles. The van der Waals surface area contributed by atoms with Gasteiger partial charge in [-0.2, -0.15) is 4.31 Å². The smallest absolute Gasteiger partial charge is 0.308 e. The lowest BCUT2D eigenvalue weighted by Crippen LogP contribution is -2.49. The number of hydrogen-bond acceptors (Lipinski definition) is 6. The van der Waals surface area contributed by atoms with E-state index in [0.29, 0.717) is 51.0 Å². The Kier molecular flexibility index (Phi) is 7.32. The van der Waals surface area contributed by atoms with Crippen molar-refractivity contribution in [2.45, 2.75) is 37.5 Å². The molecule has 0 bridgehead atoms. The number of anilines is 1. The van der Waals surface area contributed by atoms with Crippen molar-refractivity contribution in [1.29, 1.82) is 0 Å². The van der Waals surface area contributed by atoms with Crippen molar-refractivity contribution in [3.8, 4) is 0 Å². The van der Waals surface area contributed by atoms with Crippen molar-refractivity contribution in [3.63, 3.8) is 0 Å². The monoisotopic (exact) mass is 451 g/mol. The van der Waals surface area contributed by atoms with Crippen molar-refractivity contribution in [3.05, 3.63) is 24.3 Å². The van der Waals surface area contributed by atoms with Crippen molar-refractivity contribution < 1.29 is 27.5 Å². The van der Waals surface area contributed by atoms with Gasteiger partial charge in [0.15, 0.2) is 0 Å². The third-order valence-corrected chi connectivity index (χ3v) is 7.77. The number of carbonyl (C=O) groups excluding carboxylic acids is 3. The van der Waals surface area contributed by atoms with E-state index < -0.39 is 15.9 Å². The maximum atomic E-state index is 13.1. The van der Waals surface area contributed by atoms with Crippen molar-refractivity contribution >= 4 is 33.5 Å². The SMILES string of the molecule is COC(=O)C1CCN(C(=O)[C@H]2CCCN(S(=O)(=O)c3ccc(NC(C)=O)cc3)C2)CC1. The second kappa shape index (κ2) is 9.78. The summed E-state index contributed by atoms with van der Waals surface area (Å²) in [6.07, 6.45) is 2.38. The van der Waals surface area contributed by atoms with Crippen LogP contribution in [0.3, 0.4) is 0 Å². The van der Waals surface area contributed by atoms with Crippen LogP contribution in [0.15, 0.2) is 29.2 Å². The maximum absolute atomic E-state index is 13.1. The molecule has 2 amide bonds. The molecule has 0 unspecified atom stereocenters. The molecular weight excluding hydrogens is 422 g/mol. The first-order valence-electron chi connectivity index (χ1n) is 10.5. The van der Waals surface area contributed by atoms with Crippen LogP contribution in [0.25, 0.3) is 0 Å². The van der Waals surface area contributed by atoms with E-state index in [1.165, 1.54) is 30.5 Å². The highest BCUT2D eigenvalue weighted by Gasteiger charge is 2.36. The first-order chi connectivity index (χ1) is 14.7. The summed E-state index contributed by atoms with van der Waals surface area (Å²) in [5, 5.41) is 2.61. The first kappa shape index (κ1) is 23.2. The Hall–Kier alpha value is -2.46. The van der Waals surface area contributed by atoms with E-state index in [1.807, 2.05) is 0 Å². The fourth-order valence-corrected chi connectivity index (χ4v) is 5.71. The Morgan fingerprint density at radius 3 is 2.23 bits per heavy atom. The number of likely N-dealkylation sites (tertiary alicyclic amines) is 1. The molecule has 1 N–H and O–H groups in total. The zero-order valence-corrected chi connectivity index (χ0v) is 18.7. The number of piperidine rings is 2. The largest absolute Gasteiger partial charge is 0.469 e. The van der Waals surface area contributed by atoms with E-state index in [4.69, 9.17) is 4.74 Å². The quantitative estimate of drug-likeness (QED) is 0.678. The average Bonchev–Trinajstić information content (AvgIpc) is 2.78. The van der Waals surface area contributed by atoms with Crippen LogP contribution in [-0.2, 0) is 29.1 Å². The lowest BCUT2D eigenvalue weighted by Gasteiger charge is -2.37. The molecule has 0 aromatic heterocycles. The zero-order chi connectivity index (χ0) is 22.6. The fourth-order valence-electron chi connectivity index (χ4n) is 4.19. The Labute approximate surface area is 182 Å². The lowest BCUT2D eigenvalue weighted by molar-refractivity contribution is -0.149. The molecule has 2 saturated heterocycles. The number of methoxy groups -OCH3 is 1. The first-order valence-corrected chi connectivity index (χ1v) is 11.9. The summed E-state index contributed by atoms with van der Waals surface area (Å²) >= 11 is 0. The molecule has 9 nitrogen and oxygen atoms in total. The summed E-state index contributed by atoms with van der Waals surface area (Å²) in [4.78, 5) is 37.7. The van der Waals surface area contributed by atoms with Crippen LogP contribution in [0.2, 0.25) is 0 Å². The number of nitrogens with zero attached hydrogens (tertiary/aromatic N) is 2. The van der Waals surface area contributed by atoms with E-state index in [1.54, 1.807) is 17.0 Å². The predicted molar refractivity (Wildman–Crippen MR) is 114 cm³/mol. The van der Waals surface area contributed by atoms with Gasteiger partial charge >= 0.3 is 5.97 Å². The molecular formula is C21H29N3O6S. The number of carbonyl (C=O) groups is 3. The third kappa shape index (κ3) is 5.43. The number of nitrogens with one attached hydrogen (secondary N) is 1. The number of benzene rings is 1. The summed E-state index contributed by atoms with van der Waals surface area (Å²) in [7, 11) is -2.37. The molecule has 0 spiro atoms. The predicted octanol–water partition coefficient (Wildman–Crippen LogP) is 1.46. The summed E-state index contributed by atoms with van der Waals surface area (Å²) in [5.74, 6) is -1.10. The van der Waals surface area contributed by atoms with Crippen LogP contribution in [0.1, 0.15) is 32.6 Å². The molecule has 31 heavy (non-hydrogen) atoms. The second-order valence-corrected chi connectivity index (χ2v) is 9.97. The molecule has 0 radical (unpaired) electrons. The number of sulfonamides is 1. The van der Waals surface area contributed by atoms with Crippen molar-refractivity contribution in [2.75, 3.05) is 38.6 Å². The molecule has 170 valence electrons. The molecule has 1 aromatic carbocycles. The van der Waals surface area contributed by atoms with Crippen LogP contribution in [-0.4, -0.2) is 68.7 Å². The average molecular weight is 452 g/mol. The maximum Gasteiger partial charge on any atom is 0.308 e. The molecule has 1 atom stereocenters. The van der Waals surface area contributed by atoms with Crippen LogP contribution < -0.4 is 5.32 Å². The number of ether oxygens (including phenoxy) is 1. The van der Waals surface area contributed by atoms with Gasteiger partial charge in [0.2, 0.25) is 21.8 Å². The molecule has 2 aliphatic rings. The van der Waals surface area contributed by atoms with E-state index in [9.17, 15) is 22.8 Å². The summed E-state index contributed by atoms with van der Waals surface area (Å²) < 4.78 is 32.3. The minimum atomic E-state index is -3.74. The lowest BCUT2D eigenvalue weighted by atomic mass is 9.93. The Morgan fingerprint density at radius 1 is 1.00 bits per heavy atom. The Morgan fingerprint density at radius 2 is 1.65 bits per heavy atom. The van der Waals surface area contributed by atoms with Gasteiger partial charge in [-0.1, -0.05) is 0 Å². The normalized spacial score (nSPS) is 20.8. The molecule has 3 rings (SSSR count). The number of amides is 2. The fraction of sp³-hybridized carbons (Fsp3) is 0.571. The minimum Gasteiger partial charge on any atom is -0.469 e. The highest BCUT2D eigenvalue weighted by atomic mass is 32.2. The Balaban J connectivity index is 1.63. The van der Waals surface area contributed by atoms with Crippen LogP contribution in [0.4, 0.5) is 5.69 Å². The molecule has 0 aliphatic carbocycles. The van der Waals surface area contributed by atoms with Gasteiger partial charge in [-0.3, -0.25) is 14.4 Å². The minimum absolute atomic E-state index is 0.0516. The van der Waals surface area contributed by atoms with Gasteiger partial charge < -0.3 is 15.0 Å². The highest BCUT2D eigenvalue weighted by Crippen LogP contribution is 2.27. The van der Waals surface area contributed by atoms with E-state index in [2.05, 4.69) is 5.32 Å².